The maximum atomic E-state index is 12.3. The molecule has 1 N–H and O–H groups in total. The number of halogens is 4. The monoisotopic (exact) mass is 423 g/mol. The quantitative estimate of drug-likeness (QED) is 0.776. The number of hydrogen-bond donors (Lipinski definition) is 1. The molecule has 0 saturated carbocycles. The molecule has 0 unspecified atom stereocenters. The Morgan fingerprint density at radius 3 is 2.67 bits per heavy atom. The average molecular weight is 425 g/mol. The number of rotatable bonds is 5. The van der Waals surface area contributed by atoms with Gasteiger partial charge in [-0.15, -0.1) is 0 Å². The van der Waals surface area contributed by atoms with E-state index in [0.29, 0.717) is 14.7 Å². The van der Waals surface area contributed by atoms with Crippen LogP contribution in [0.25, 0.3) is 0 Å². The average Bonchev–Trinajstić information content (AvgIpc) is 2.85. The van der Waals surface area contributed by atoms with Gasteiger partial charge in [0.2, 0.25) is 0 Å². The predicted octanol–water partition coefficient (Wildman–Crippen LogP) is 4.34. The van der Waals surface area contributed by atoms with E-state index >= 15 is 0 Å². The second-order valence-corrected chi connectivity index (χ2v) is 5.61. The summed E-state index contributed by atoms with van der Waals surface area (Å²) < 4.78 is 35.3. The smallest absolute Gasteiger partial charge is 0.387 e. The molecular weight excluding hydrogens is 416 g/mol. The van der Waals surface area contributed by atoms with E-state index in [4.69, 9.17) is 4.42 Å². The minimum Gasteiger partial charge on any atom is -0.444 e. The number of hydrogen-bond acceptors (Lipinski definition) is 3. The molecule has 2 rings (SSSR count). The van der Waals surface area contributed by atoms with E-state index in [0.717, 1.165) is 0 Å². The van der Waals surface area contributed by atoms with Gasteiger partial charge in [0, 0.05) is 16.6 Å². The van der Waals surface area contributed by atoms with Gasteiger partial charge < -0.3 is 14.5 Å². The maximum absolute atomic E-state index is 12.3. The van der Waals surface area contributed by atoms with Crippen LogP contribution in [-0.4, -0.2) is 12.5 Å². The number of alkyl halides is 2. The maximum Gasteiger partial charge on any atom is 0.387 e. The highest BCUT2D eigenvalue weighted by molar-refractivity contribution is 9.10. The summed E-state index contributed by atoms with van der Waals surface area (Å²) in [7, 11) is 0. The zero-order valence-corrected chi connectivity index (χ0v) is 13.6. The van der Waals surface area contributed by atoms with Crippen LogP contribution in [0.4, 0.5) is 8.78 Å². The van der Waals surface area contributed by atoms with Gasteiger partial charge in [-0.05, 0) is 46.3 Å². The summed E-state index contributed by atoms with van der Waals surface area (Å²) in [4.78, 5) is 11.8. The molecule has 112 valence electrons. The number of carbonyl (C=O) groups excluding carboxylic acids is 1. The largest absolute Gasteiger partial charge is 0.444 e. The fourth-order valence-electron chi connectivity index (χ4n) is 1.60. The number of benzene rings is 1. The van der Waals surface area contributed by atoms with E-state index in [9.17, 15) is 13.6 Å². The Balaban J connectivity index is 2.08. The van der Waals surface area contributed by atoms with Crippen LogP contribution >= 0.6 is 31.9 Å². The van der Waals surface area contributed by atoms with Crippen molar-refractivity contribution in [3.63, 3.8) is 0 Å². The van der Waals surface area contributed by atoms with E-state index in [-0.39, 0.29) is 18.1 Å². The molecule has 0 fully saturated rings. The van der Waals surface area contributed by atoms with E-state index in [1.807, 2.05) is 0 Å². The Morgan fingerprint density at radius 2 is 2.05 bits per heavy atom. The lowest BCUT2D eigenvalue weighted by Crippen LogP contribution is -2.22. The molecule has 0 aliphatic carbocycles. The zero-order chi connectivity index (χ0) is 15.4. The third-order valence-corrected chi connectivity index (χ3v) is 3.39. The molecule has 0 radical (unpaired) electrons. The second kappa shape index (κ2) is 7.04. The summed E-state index contributed by atoms with van der Waals surface area (Å²) in [6.07, 6.45) is 0. The van der Waals surface area contributed by atoms with Gasteiger partial charge in [-0.1, -0.05) is 15.9 Å². The van der Waals surface area contributed by atoms with Gasteiger partial charge >= 0.3 is 6.61 Å². The first kappa shape index (κ1) is 16.0. The first-order valence-electron chi connectivity index (χ1n) is 5.72. The highest BCUT2D eigenvalue weighted by Crippen LogP contribution is 2.25. The topological polar surface area (TPSA) is 51.5 Å². The highest BCUT2D eigenvalue weighted by atomic mass is 79.9. The number of ether oxygens (including phenoxy) is 1. The highest BCUT2D eigenvalue weighted by Gasteiger charge is 2.13. The van der Waals surface area contributed by atoms with Crippen molar-refractivity contribution in [1.29, 1.82) is 0 Å². The van der Waals surface area contributed by atoms with Gasteiger partial charge in [0.25, 0.3) is 5.91 Å². The Labute approximate surface area is 135 Å². The van der Waals surface area contributed by atoms with Crippen molar-refractivity contribution in [1.82, 2.24) is 5.32 Å². The van der Waals surface area contributed by atoms with E-state index in [1.54, 1.807) is 18.2 Å². The van der Waals surface area contributed by atoms with Crippen LogP contribution in [0.3, 0.4) is 0 Å². The third kappa shape index (κ3) is 4.53. The SMILES string of the molecule is O=C(NCc1cc(Br)ccc1OC(F)F)c1ccc(Br)o1. The summed E-state index contributed by atoms with van der Waals surface area (Å²) in [6, 6.07) is 7.65. The normalized spacial score (nSPS) is 10.7. The van der Waals surface area contributed by atoms with Gasteiger partial charge in [0.05, 0.1) is 0 Å². The van der Waals surface area contributed by atoms with Gasteiger partial charge in [0.15, 0.2) is 10.4 Å². The number of nitrogens with one attached hydrogen (secondary N) is 1. The van der Waals surface area contributed by atoms with Crippen molar-refractivity contribution >= 4 is 37.8 Å². The lowest BCUT2D eigenvalue weighted by molar-refractivity contribution is -0.0504. The third-order valence-electron chi connectivity index (χ3n) is 2.47. The van der Waals surface area contributed by atoms with Gasteiger partial charge in [-0.25, -0.2) is 0 Å². The summed E-state index contributed by atoms with van der Waals surface area (Å²) in [5.74, 6) is -0.328. The van der Waals surface area contributed by atoms with Crippen molar-refractivity contribution in [2.45, 2.75) is 13.2 Å². The fraction of sp³-hybridized carbons (Fsp3) is 0.154. The van der Waals surface area contributed by atoms with E-state index < -0.39 is 12.5 Å². The Bertz CT molecular complexity index is 646. The Kier molecular flexibility index (Phi) is 5.35. The van der Waals surface area contributed by atoms with Crippen LogP contribution < -0.4 is 10.1 Å². The Hall–Kier alpha value is -1.41. The fourth-order valence-corrected chi connectivity index (χ4v) is 2.31. The number of amides is 1. The van der Waals surface area contributed by atoms with Crippen molar-refractivity contribution in [2.24, 2.45) is 0 Å². The first-order chi connectivity index (χ1) is 9.95. The molecule has 1 amide bonds. The van der Waals surface area contributed by atoms with E-state index in [1.165, 1.54) is 12.1 Å². The summed E-state index contributed by atoms with van der Waals surface area (Å²) in [6.45, 7) is -2.90. The van der Waals surface area contributed by atoms with Crippen LogP contribution in [0.15, 0.2) is 43.9 Å². The number of carbonyl (C=O) groups is 1. The van der Waals surface area contributed by atoms with E-state index in [2.05, 4.69) is 41.9 Å². The molecule has 4 nitrogen and oxygen atoms in total. The van der Waals surface area contributed by atoms with Gasteiger partial charge in [-0.2, -0.15) is 8.78 Å². The summed E-state index contributed by atoms with van der Waals surface area (Å²) in [5.41, 5.74) is 0.420. The molecule has 0 aliphatic heterocycles. The van der Waals surface area contributed by atoms with Crippen LogP contribution in [0.1, 0.15) is 16.1 Å². The van der Waals surface area contributed by atoms with Crippen LogP contribution in [0.5, 0.6) is 5.75 Å². The second-order valence-electron chi connectivity index (χ2n) is 3.92. The van der Waals surface area contributed by atoms with Crippen molar-refractivity contribution < 1.29 is 22.7 Å². The molecule has 0 atom stereocenters. The van der Waals surface area contributed by atoms with Crippen LogP contribution in [0, 0.1) is 0 Å². The molecule has 1 heterocycles. The lowest BCUT2D eigenvalue weighted by atomic mass is 10.2. The molecule has 21 heavy (non-hydrogen) atoms. The zero-order valence-electron chi connectivity index (χ0n) is 10.4. The first-order valence-corrected chi connectivity index (χ1v) is 7.31. The predicted molar refractivity (Wildman–Crippen MR) is 78.4 cm³/mol. The molecule has 0 bridgehead atoms. The van der Waals surface area contributed by atoms with Crippen molar-refractivity contribution in [3.05, 3.63) is 50.8 Å². The lowest BCUT2D eigenvalue weighted by Gasteiger charge is -2.11. The molecule has 2 aromatic rings. The molecule has 0 aliphatic rings. The van der Waals surface area contributed by atoms with Gasteiger partial charge in [-0.3, -0.25) is 4.79 Å². The van der Waals surface area contributed by atoms with Gasteiger partial charge in [0.1, 0.15) is 5.75 Å². The van der Waals surface area contributed by atoms with Crippen molar-refractivity contribution in [3.8, 4) is 5.75 Å². The minimum atomic E-state index is -2.93. The van der Waals surface area contributed by atoms with Crippen LogP contribution in [0.2, 0.25) is 0 Å². The molecule has 0 saturated heterocycles. The minimum absolute atomic E-state index is 0.00845. The number of furan rings is 1. The standard InChI is InChI=1S/C13H9Br2F2NO3/c14-8-1-2-9(21-13(16)17)7(5-8)6-18-12(19)10-3-4-11(15)20-10/h1-5,13H,6H2,(H,18,19). The summed E-state index contributed by atoms with van der Waals surface area (Å²) >= 11 is 6.33. The molecule has 0 spiro atoms. The molecule has 8 heteroatoms. The molecule has 1 aromatic carbocycles. The van der Waals surface area contributed by atoms with Crippen LogP contribution in [-0.2, 0) is 6.54 Å². The summed E-state index contributed by atoms with van der Waals surface area (Å²) in [5, 5.41) is 2.57. The Morgan fingerprint density at radius 1 is 1.29 bits per heavy atom. The molecular formula is C13H9Br2F2NO3. The molecule has 1 aromatic heterocycles. The van der Waals surface area contributed by atoms with Crippen molar-refractivity contribution in [2.75, 3.05) is 0 Å².